The first kappa shape index (κ1) is 20.5. The molecule has 0 unspecified atom stereocenters. The summed E-state index contributed by atoms with van der Waals surface area (Å²) in [5.74, 6) is -0.601. The largest absolute Gasteiger partial charge is 0.416 e. The van der Waals surface area contributed by atoms with E-state index in [-0.39, 0.29) is 30.5 Å². The van der Waals surface area contributed by atoms with Crippen LogP contribution in [-0.4, -0.2) is 47.1 Å². The summed E-state index contributed by atoms with van der Waals surface area (Å²) >= 11 is 0. The van der Waals surface area contributed by atoms with Gasteiger partial charge in [0.25, 0.3) is 0 Å². The van der Waals surface area contributed by atoms with Crippen LogP contribution in [0.15, 0.2) is 24.3 Å². The van der Waals surface area contributed by atoms with Crippen molar-refractivity contribution in [2.75, 3.05) is 20.6 Å². The molecular weight excluding hydrogens is 361 g/mol. The van der Waals surface area contributed by atoms with Crippen LogP contribution in [0.25, 0.3) is 5.69 Å². The van der Waals surface area contributed by atoms with Gasteiger partial charge in [0, 0.05) is 25.4 Å². The molecule has 1 aromatic heterocycles. The summed E-state index contributed by atoms with van der Waals surface area (Å²) in [6.45, 7) is 3.25. The fourth-order valence-electron chi connectivity index (χ4n) is 2.55. The maximum Gasteiger partial charge on any atom is 0.416 e. The van der Waals surface area contributed by atoms with Gasteiger partial charge in [-0.1, -0.05) is 6.07 Å². The molecule has 0 aliphatic heterocycles. The third-order valence-electron chi connectivity index (χ3n) is 4.13. The zero-order valence-corrected chi connectivity index (χ0v) is 15.5. The fraction of sp³-hybridized carbons (Fsp3) is 0.389. The van der Waals surface area contributed by atoms with Gasteiger partial charge in [-0.2, -0.15) is 18.3 Å². The van der Waals surface area contributed by atoms with Gasteiger partial charge >= 0.3 is 6.18 Å². The van der Waals surface area contributed by atoms with Gasteiger partial charge in [-0.05, 0) is 32.0 Å². The van der Waals surface area contributed by atoms with Gasteiger partial charge in [-0.25, -0.2) is 4.68 Å². The molecule has 0 spiro atoms. The van der Waals surface area contributed by atoms with Crippen LogP contribution in [0.4, 0.5) is 13.2 Å². The summed E-state index contributed by atoms with van der Waals surface area (Å²) in [7, 11) is 3.17. The molecule has 0 fully saturated rings. The predicted octanol–water partition coefficient (Wildman–Crippen LogP) is 2.25. The van der Waals surface area contributed by atoms with E-state index in [0.29, 0.717) is 17.0 Å². The molecular formula is C18H21F3N4O2. The first-order valence-corrected chi connectivity index (χ1v) is 8.20. The van der Waals surface area contributed by atoms with Crippen molar-refractivity contribution in [1.29, 1.82) is 0 Å². The molecule has 0 bridgehead atoms. The molecule has 2 amide bonds. The smallest absolute Gasteiger partial charge is 0.347 e. The second-order valence-corrected chi connectivity index (χ2v) is 6.35. The van der Waals surface area contributed by atoms with Gasteiger partial charge in [-0.15, -0.1) is 0 Å². The van der Waals surface area contributed by atoms with Gasteiger partial charge in [0.15, 0.2) is 0 Å². The molecule has 2 rings (SSSR count). The molecule has 1 heterocycles. The van der Waals surface area contributed by atoms with Crippen LogP contribution < -0.4 is 5.32 Å². The Morgan fingerprint density at radius 2 is 1.89 bits per heavy atom. The normalized spacial score (nSPS) is 11.4. The maximum atomic E-state index is 12.9. The molecule has 0 atom stereocenters. The number of benzene rings is 1. The fourth-order valence-corrected chi connectivity index (χ4v) is 2.55. The number of rotatable bonds is 5. The van der Waals surface area contributed by atoms with Crippen molar-refractivity contribution in [2.45, 2.75) is 26.4 Å². The Balaban J connectivity index is 2.22. The molecule has 0 aliphatic carbocycles. The van der Waals surface area contributed by atoms with Gasteiger partial charge in [-0.3, -0.25) is 9.59 Å². The topological polar surface area (TPSA) is 67.2 Å². The lowest BCUT2D eigenvalue weighted by Crippen LogP contribution is -2.37. The second kappa shape index (κ2) is 7.81. The minimum absolute atomic E-state index is 0.0165. The van der Waals surface area contributed by atoms with Crippen LogP contribution >= 0.6 is 0 Å². The number of nitrogens with zero attached hydrogens (tertiary/aromatic N) is 3. The first-order valence-electron chi connectivity index (χ1n) is 8.20. The number of halogens is 3. The molecule has 27 heavy (non-hydrogen) atoms. The number of hydrogen-bond acceptors (Lipinski definition) is 3. The SMILES string of the molecule is Cc1nn(-c2cccc(C(F)(F)F)c2)c(C)c1CC(=O)NCC(=O)N(C)C. The number of nitrogens with one attached hydrogen (secondary N) is 1. The summed E-state index contributed by atoms with van der Waals surface area (Å²) in [5, 5.41) is 6.80. The van der Waals surface area contributed by atoms with Crippen molar-refractivity contribution in [3.63, 3.8) is 0 Å². The highest BCUT2D eigenvalue weighted by Gasteiger charge is 2.30. The number of aryl methyl sites for hydroxylation is 1. The molecule has 1 N–H and O–H groups in total. The van der Waals surface area contributed by atoms with E-state index in [1.54, 1.807) is 27.9 Å². The van der Waals surface area contributed by atoms with Crippen molar-refractivity contribution in [3.8, 4) is 5.69 Å². The molecule has 9 heteroatoms. The van der Waals surface area contributed by atoms with Crippen LogP contribution in [0, 0.1) is 13.8 Å². The molecule has 0 aliphatic rings. The summed E-state index contributed by atoms with van der Waals surface area (Å²) in [6, 6.07) is 4.84. The Hall–Kier alpha value is -2.84. The van der Waals surface area contributed by atoms with E-state index in [1.165, 1.54) is 21.7 Å². The van der Waals surface area contributed by atoms with Crippen LogP contribution in [0.5, 0.6) is 0 Å². The Morgan fingerprint density at radius 3 is 2.48 bits per heavy atom. The zero-order valence-electron chi connectivity index (χ0n) is 15.5. The molecule has 146 valence electrons. The average molecular weight is 382 g/mol. The quantitative estimate of drug-likeness (QED) is 0.863. The first-order chi connectivity index (χ1) is 12.5. The zero-order chi connectivity index (χ0) is 20.4. The van der Waals surface area contributed by atoms with Gasteiger partial charge in [0.1, 0.15) is 0 Å². The molecule has 1 aromatic carbocycles. The monoisotopic (exact) mass is 382 g/mol. The Morgan fingerprint density at radius 1 is 1.22 bits per heavy atom. The van der Waals surface area contributed by atoms with E-state index in [2.05, 4.69) is 10.4 Å². The minimum Gasteiger partial charge on any atom is -0.347 e. The van der Waals surface area contributed by atoms with Gasteiger partial charge in [0.2, 0.25) is 11.8 Å². The molecule has 0 radical (unpaired) electrons. The Bertz CT molecular complexity index is 857. The Kier molecular flexibility index (Phi) is 5.92. The Labute approximate surface area is 155 Å². The number of carbonyl (C=O) groups is 2. The van der Waals surface area contributed by atoms with Crippen molar-refractivity contribution < 1.29 is 22.8 Å². The maximum absolute atomic E-state index is 12.9. The lowest BCUT2D eigenvalue weighted by Gasteiger charge is -2.11. The summed E-state index contributed by atoms with van der Waals surface area (Å²) in [5.41, 5.74) is 1.22. The van der Waals surface area contributed by atoms with E-state index in [1.807, 2.05) is 0 Å². The molecule has 6 nitrogen and oxygen atoms in total. The van der Waals surface area contributed by atoms with Crippen LogP contribution in [-0.2, 0) is 22.2 Å². The highest BCUT2D eigenvalue weighted by atomic mass is 19.4. The summed E-state index contributed by atoms with van der Waals surface area (Å²) in [4.78, 5) is 25.0. The highest BCUT2D eigenvalue weighted by Crippen LogP contribution is 2.30. The van der Waals surface area contributed by atoms with Crippen molar-refractivity contribution in [1.82, 2.24) is 20.0 Å². The van der Waals surface area contributed by atoms with Crippen molar-refractivity contribution in [2.24, 2.45) is 0 Å². The lowest BCUT2D eigenvalue weighted by atomic mass is 10.1. The van der Waals surface area contributed by atoms with Crippen LogP contribution in [0.2, 0.25) is 0 Å². The lowest BCUT2D eigenvalue weighted by molar-refractivity contribution is -0.137. The molecule has 0 saturated heterocycles. The van der Waals surface area contributed by atoms with E-state index in [9.17, 15) is 22.8 Å². The van der Waals surface area contributed by atoms with E-state index in [4.69, 9.17) is 0 Å². The van der Waals surface area contributed by atoms with E-state index in [0.717, 1.165) is 12.1 Å². The number of aromatic nitrogens is 2. The molecule has 2 aromatic rings. The van der Waals surface area contributed by atoms with Crippen LogP contribution in [0.3, 0.4) is 0 Å². The van der Waals surface area contributed by atoms with Crippen LogP contribution in [0.1, 0.15) is 22.5 Å². The minimum atomic E-state index is -4.45. The number of alkyl halides is 3. The second-order valence-electron chi connectivity index (χ2n) is 6.35. The van der Waals surface area contributed by atoms with Crippen molar-refractivity contribution in [3.05, 3.63) is 46.8 Å². The summed E-state index contributed by atoms with van der Waals surface area (Å²) < 4.78 is 40.2. The highest BCUT2D eigenvalue weighted by molar-refractivity contribution is 5.85. The number of likely N-dealkylation sites (N-methyl/N-ethyl adjacent to an activating group) is 1. The third kappa shape index (κ3) is 4.87. The van der Waals surface area contributed by atoms with Crippen molar-refractivity contribution >= 4 is 11.8 Å². The van der Waals surface area contributed by atoms with Gasteiger partial charge in [0.05, 0.1) is 29.9 Å². The van der Waals surface area contributed by atoms with Gasteiger partial charge < -0.3 is 10.2 Å². The van der Waals surface area contributed by atoms with E-state index >= 15 is 0 Å². The molecule has 0 saturated carbocycles. The standard InChI is InChI=1S/C18H21F3N4O2/c1-11-15(9-16(26)22-10-17(27)24(3)4)12(2)25(23-11)14-7-5-6-13(8-14)18(19,20)21/h5-8H,9-10H2,1-4H3,(H,22,26). The predicted molar refractivity (Wildman–Crippen MR) is 93.4 cm³/mol. The number of amides is 2. The number of carbonyl (C=O) groups excluding carboxylic acids is 2. The third-order valence-corrected chi connectivity index (χ3v) is 4.13. The number of hydrogen-bond donors (Lipinski definition) is 1. The summed E-state index contributed by atoms with van der Waals surface area (Å²) in [6.07, 6.45) is -4.47. The average Bonchev–Trinajstić information content (AvgIpc) is 2.87. The van der Waals surface area contributed by atoms with E-state index < -0.39 is 11.7 Å².